The van der Waals surface area contributed by atoms with Crippen molar-refractivity contribution in [1.29, 1.82) is 0 Å². The van der Waals surface area contributed by atoms with Crippen LogP contribution in [0, 0.1) is 5.92 Å². The van der Waals surface area contributed by atoms with Crippen molar-refractivity contribution in [2.75, 3.05) is 11.9 Å². The molecule has 1 saturated carbocycles. The van der Waals surface area contributed by atoms with E-state index in [0.717, 1.165) is 37.1 Å². The monoisotopic (exact) mass is 343 g/mol. The lowest BCUT2D eigenvalue weighted by atomic mass is 9.96. The quantitative estimate of drug-likeness (QED) is 0.879. The third-order valence-corrected chi connectivity index (χ3v) is 5.22. The average Bonchev–Trinajstić information content (AvgIpc) is 2.61. The van der Waals surface area contributed by atoms with Gasteiger partial charge in [-0.1, -0.05) is 39.2 Å². The van der Waals surface area contributed by atoms with Crippen molar-refractivity contribution in [3.8, 4) is 0 Å². The van der Waals surface area contributed by atoms with Crippen molar-refractivity contribution in [2.24, 2.45) is 5.92 Å². The van der Waals surface area contributed by atoms with Crippen LogP contribution in [-0.2, 0) is 17.8 Å². The average molecular weight is 343 g/mol. The fraction of sp³-hybridized carbons (Fsp3) is 0.600. The number of hydrogen-bond donors (Lipinski definition) is 2. The maximum atomic E-state index is 12.2. The standard InChI is InChI=1S/C20H29N3O2/c1-14(2)19(24)23-11-10-15-8-9-18(12-16(15)13-23)22-20(25)21-17-6-4-3-5-7-17/h8-9,12,14,17H,3-7,10-11,13H2,1-2H3,(H2,21,22,25). The number of carbonyl (C=O) groups excluding carboxylic acids is 2. The maximum absolute atomic E-state index is 12.2. The predicted molar refractivity (Wildman–Crippen MR) is 99.4 cm³/mol. The fourth-order valence-corrected chi connectivity index (χ4v) is 3.79. The zero-order valence-corrected chi connectivity index (χ0v) is 15.3. The Bertz CT molecular complexity index is 636. The van der Waals surface area contributed by atoms with Crippen molar-refractivity contribution < 1.29 is 9.59 Å². The number of nitrogens with one attached hydrogen (secondary N) is 2. The number of hydrogen-bond acceptors (Lipinski definition) is 2. The molecule has 1 fully saturated rings. The van der Waals surface area contributed by atoms with E-state index >= 15 is 0 Å². The van der Waals surface area contributed by atoms with Gasteiger partial charge < -0.3 is 15.5 Å². The molecule has 0 spiro atoms. The summed E-state index contributed by atoms with van der Waals surface area (Å²) in [5, 5.41) is 6.03. The fourth-order valence-electron chi connectivity index (χ4n) is 3.79. The van der Waals surface area contributed by atoms with Crippen molar-refractivity contribution in [2.45, 2.75) is 65.0 Å². The first-order chi connectivity index (χ1) is 12.0. The van der Waals surface area contributed by atoms with Gasteiger partial charge in [-0.15, -0.1) is 0 Å². The van der Waals surface area contributed by atoms with Crippen LogP contribution in [0.2, 0.25) is 0 Å². The molecule has 0 bridgehead atoms. The topological polar surface area (TPSA) is 61.4 Å². The van der Waals surface area contributed by atoms with Gasteiger partial charge in [-0.3, -0.25) is 4.79 Å². The molecule has 3 rings (SSSR count). The second-order valence-corrected chi connectivity index (χ2v) is 7.58. The van der Waals surface area contributed by atoms with Gasteiger partial charge in [-0.25, -0.2) is 4.79 Å². The number of carbonyl (C=O) groups is 2. The smallest absolute Gasteiger partial charge is 0.319 e. The number of rotatable bonds is 3. The van der Waals surface area contributed by atoms with E-state index in [1.54, 1.807) is 0 Å². The lowest BCUT2D eigenvalue weighted by Crippen LogP contribution is -2.39. The van der Waals surface area contributed by atoms with Crippen LogP contribution >= 0.6 is 0 Å². The molecule has 2 aliphatic rings. The maximum Gasteiger partial charge on any atom is 0.319 e. The molecular formula is C20H29N3O2. The minimum atomic E-state index is -0.127. The summed E-state index contributed by atoms with van der Waals surface area (Å²) in [6.07, 6.45) is 6.69. The number of benzene rings is 1. The second kappa shape index (κ2) is 7.89. The van der Waals surface area contributed by atoms with Gasteiger partial charge in [0.05, 0.1) is 0 Å². The van der Waals surface area contributed by atoms with Gasteiger partial charge in [-0.05, 0) is 42.5 Å². The minimum absolute atomic E-state index is 0.0177. The Kier molecular flexibility index (Phi) is 5.61. The minimum Gasteiger partial charge on any atom is -0.338 e. The molecule has 3 amide bonds. The van der Waals surface area contributed by atoms with Crippen molar-refractivity contribution in [3.63, 3.8) is 0 Å². The van der Waals surface area contributed by atoms with E-state index in [1.807, 2.05) is 30.9 Å². The first-order valence-electron chi connectivity index (χ1n) is 9.51. The van der Waals surface area contributed by atoms with E-state index in [1.165, 1.54) is 24.8 Å². The molecular weight excluding hydrogens is 314 g/mol. The number of nitrogens with zero attached hydrogens (tertiary/aromatic N) is 1. The normalized spacial score (nSPS) is 18.0. The molecule has 0 atom stereocenters. The molecule has 1 aliphatic heterocycles. The number of anilines is 1. The summed E-state index contributed by atoms with van der Waals surface area (Å²) < 4.78 is 0. The molecule has 25 heavy (non-hydrogen) atoms. The highest BCUT2D eigenvalue weighted by atomic mass is 16.2. The molecule has 0 radical (unpaired) electrons. The summed E-state index contributed by atoms with van der Waals surface area (Å²) >= 11 is 0. The van der Waals surface area contributed by atoms with Gasteiger partial charge >= 0.3 is 6.03 Å². The lowest BCUT2D eigenvalue weighted by Gasteiger charge is -2.30. The second-order valence-electron chi connectivity index (χ2n) is 7.58. The first-order valence-corrected chi connectivity index (χ1v) is 9.51. The molecule has 5 nitrogen and oxygen atoms in total. The van der Waals surface area contributed by atoms with Crippen molar-refractivity contribution in [3.05, 3.63) is 29.3 Å². The van der Waals surface area contributed by atoms with Gasteiger partial charge in [0.15, 0.2) is 0 Å². The van der Waals surface area contributed by atoms with E-state index in [9.17, 15) is 9.59 Å². The third-order valence-electron chi connectivity index (χ3n) is 5.22. The number of amides is 3. The largest absolute Gasteiger partial charge is 0.338 e. The number of fused-ring (bicyclic) bond motifs is 1. The molecule has 1 heterocycles. The van der Waals surface area contributed by atoms with E-state index < -0.39 is 0 Å². The zero-order chi connectivity index (χ0) is 17.8. The van der Waals surface area contributed by atoms with E-state index in [2.05, 4.69) is 16.7 Å². The molecule has 1 aromatic carbocycles. The summed E-state index contributed by atoms with van der Waals surface area (Å²) in [6, 6.07) is 6.21. The summed E-state index contributed by atoms with van der Waals surface area (Å²) in [5.41, 5.74) is 3.20. The summed E-state index contributed by atoms with van der Waals surface area (Å²) in [4.78, 5) is 26.4. The summed E-state index contributed by atoms with van der Waals surface area (Å²) in [5.74, 6) is 0.211. The highest BCUT2D eigenvalue weighted by Gasteiger charge is 2.23. The van der Waals surface area contributed by atoms with E-state index in [-0.39, 0.29) is 17.9 Å². The third kappa shape index (κ3) is 4.53. The van der Waals surface area contributed by atoms with Crippen LogP contribution in [0.15, 0.2) is 18.2 Å². The van der Waals surface area contributed by atoms with Crippen LogP contribution in [0.25, 0.3) is 0 Å². The Morgan fingerprint density at radius 3 is 2.60 bits per heavy atom. The number of urea groups is 1. The van der Waals surface area contributed by atoms with Crippen molar-refractivity contribution >= 4 is 17.6 Å². The van der Waals surface area contributed by atoms with E-state index in [0.29, 0.717) is 12.6 Å². The van der Waals surface area contributed by atoms with E-state index in [4.69, 9.17) is 0 Å². The highest BCUT2D eigenvalue weighted by molar-refractivity contribution is 5.89. The van der Waals surface area contributed by atoms with Gasteiger partial charge in [0.25, 0.3) is 0 Å². The molecule has 0 unspecified atom stereocenters. The molecule has 5 heteroatoms. The van der Waals surface area contributed by atoms with Gasteiger partial charge in [0.2, 0.25) is 5.91 Å². The Labute approximate surface area is 150 Å². The molecule has 0 saturated heterocycles. The van der Waals surface area contributed by atoms with Gasteiger partial charge in [0.1, 0.15) is 0 Å². The Morgan fingerprint density at radius 1 is 1.12 bits per heavy atom. The van der Waals surface area contributed by atoms with Crippen LogP contribution in [0.1, 0.15) is 57.1 Å². The zero-order valence-electron chi connectivity index (χ0n) is 15.3. The van der Waals surface area contributed by atoms with Crippen LogP contribution in [0.5, 0.6) is 0 Å². The van der Waals surface area contributed by atoms with Crippen LogP contribution < -0.4 is 10.6 Å². The SMILES string of the molecule is CC(C)C(=O)N1CCc2ccc(NC(=O)NC3CCCCC3)cc2C1. The molecule has 2 N–H and O–H groups in total. The molecule has 1 aromatic rings. The lowest BCUT2D eigenvalue weighted by molar-refractivity contribution is -0.135. The summed E-state index contributed by atoms with van der Waals surface area (Å²) in [7, 11) is 0. The van der Waals surface area contributed by atoms with Gasteiger partial charge in [-0.2, -0.15) is 0 Å². The van der Waals surface area contributed by atoms with Crippen LogP contribution in [-0.4, -0.2) is 29.4 Å². The molecule has 1 aliphatic carbocycles. The Hall–Kier alpha value is -2.04. The first kappa shape index (κ1) is 17.8. The van der Waals surface area contributed by atoms with Gasteiger partial charge in [0, 0.05) is 30.7 Å². The Balaban J connectivity index is 1.61. The van der Waals surface area contributed by atoms with Crippen LogP contribution in [0.3, 0.4) is 0 Å². The Morgan fingerprint density at radius 2 is 1.88 bits per heavy atom. The molecule has 136 valence electrons. The highest BCUT2D eigenvalue weighted by Crippen LogP contribution is 2.24. The van der Waals surface area contributed by atoms with Crippen LogP contribution in [0.4, 0.5) is 10.5 Å². The predicted octanol–water partition coefficient (Wildman–Crippen LogP) is 3.68. The van der Waals surface area contributed by atoms with Crippen molar-refractivity contribution in [1.82, 2.24) is 10.2 Å². The molecule has 0 aromatic heterocycles. The summed E-state index contributed by atoms with van der Waals surface area (Å²) in [6.45, 7) is 5.28.